The van der Waals surface area contributed by atoms with E-state index in [9.17, 15) is 24.9 Å². The summed E-state index contributed by atoms with van der Waals surface area (Å²) in [5, 5.41) is 31.8. The molecule has 0 bridgehead atoms. The number of phenols is 2. The van der Waals surface area contributed by atoms with E-state index in [0.717, 1.165) is 60.9 Å². The molecule has 5 aromatic rings. The smallest absolute Gasteiger partial charge is 0.165 e. The number of ketones is 2. The molecule has 0 aliphatic heterocycles. The van der Waals surface area contributed by atoms with Crippen LogP contribution in [0, 0.1) is 17.8 Å². The molecule has 1 aliphatic rings. The van der Waals surface area contributed by atoms with Gasteiger partial charge in [0.1, 0.15) is 5.75 Å². The minimum atomic E-state index is -0.693. The van der Waals surface area contributed by atoms with Gasteiger partial charge in [-0.3, -0.25) is 9.59 Å². The van der Waals surface area contributed by atoms with Crippen molar-refractivity contribution in [3.8, 4) is 29.1 Å². The summed E-state index contributed by atoms with van der Waals surface area (Å²) in [4.78, 5) is 29.6. The summed E-state index contributed by atoms with van der Waals surface area (Å²) in [6.45, 7) is 2.09. The number of aliphatic hydroxyl groups is 1. The number of benzene rings is 4. The first-order valence-corrected chi connectivity index (χ1v) is 21.0. The number of aliphatic hydroxyl groups excluding tert-OH is 1. The zero-order valence-electron chi connectivity index (χ0n) is 34.4. The van der Waals surface area contributed by atoms with Gasteiger partial charge in [-0.15, -0.1) is 0 Å². The van der Waals surface area contributed by atoms with Crippen LogP contribution in [-0.4, -0.2) is 44.6 Å². The Bertz CT molecular complexity index is 2320. The second-order valence-electron chi connectivity index (χ2n) is 16.0. The summed E-state index contributed by atoms with van der Waals surface area (Å²) < 4.78 is 6.06. The van der Waals surface area contributed by atoms with Crippen LogP contribution in [0.5, 0.6) is 17.2 Å². The Labute approximate surface area is 353 Å². The highest BCUT2D eigenvalue weighted by Gasteiger charge is 2.27. The molecule has 1 aliphatic carbocycles. The van der Waals surface area contributed by atoms with E-state index in [1.807, 2.05) is 49.4 Å². The number of aromatic hydroxyl groups is 2. The SMILES string of the molecule is C[C@H](O)C[C@H](CCC/C=C/C(=O)CCc1ccc(O)c(OCCc2ccc(O)c([C@@H]3CC(=O)c4cc[nH]c4CC#Cc4cc(C(N)N)ccc43)c2)c1)CCc1ccccc1. The van der Waals surface area contributed by atoms with Gasteiger partial charge in [-0.25, -0.2) is 0 Å². The van der Waals surface area contributed by atoms with E-state index in [1.54, 1.807) is 42.6 Å². The van der Waals surface area contributed by atoms with E-state index in [2.05, 4.69) is 41.1 Å². The molecule has 4 aromatic carbocycles. The number of nitrogens with one attached hydrogen (secondary N) is 1. The van der Waals surface area contributed by atoms with Gasteiger partial charge in [0.2, 0.25) is 0 Å². The number of aromatic nitrogens is 1. The van der Waals surface area contributed by atoms with Gasteiger partial charge in [0.05, 0.1) is 25.3 Å². The first-order valence-electron chi connectivity index (χ1n) is 21.0. The molecule has 0 radical (unpaired) electrons. The van der Waals surface area contributed by atoms with Crippen molar-refractivity contribution in [1.29, 1.82) is 0 Å². The lowest BCUT2D eigenvalue weighted by molar-refractivity contribution is -0.114. The van der Waals surface area contributed by atoms with Crippen molar-refractivity contribution in [1.82, 2.24) is 4.98 Å². The third-order valence-electron chi connectivity index (χ3n) is 11.3. The van der Waals surface area contributed by atoms with Crippen LogP contribution in [0.4, 0.5) is 0 Å². The van der Waals surface area contributed by atoms with Crippen molar-refractivity contribution in [2.24, 2.45) is 17.4 Å². The number of allylic oxidation sites excluding steroid dienone is 2. The number of Topliss-reactive ketones (excluding diaryl/α,β-unsaturated/α-hetero) is 1. The minimum Gasteiger partial charge on any atom is -0.508 e. The van der Waals surface area contributed by atoms with Crippen molar-refractivity contribution in [2.45, 2.75) is 95.7 Å². The molecule has 0 unspecified atom stereocenters. The molecule has 3 atom stereocenters. The van der Waals surface area contributed by atoms with E-state index in [1.165, 1.54) is 5.56 Å². The summed E-state index contributed by atoms with van der Waals surface area (Å²) in [5.74, 6) is 6.77. The molecule has 312 valence electrons. The van der Waals surface area contributed by atoms with Gasteiger partial charge in [0.25, 0.3) is 0 Å². The number of carbonyl (C=O) groups excluding carboxylic acids is 2. The van der Waals surface area contributed by atoms with Crippen LogP contribution in [0.2, 0.25) is 0 Å². The normalized spacial score (nSPS) is 14.9. The van der Waals surface area contributed by atoms with Gasteiger partial charge in [0.15, 0.2) is 23.1 Å². The van der Waals surface area contributed by atoms with Crippen LogP contribution in [0.3, 0.4) is 0 Å². The molecule has 0 fully saturated rings. The van der Waals surface area contributed by atoms with E-state index < -0.39 is 12.1 Å². The maximum absolute atomic E-state index is 13.7. The van der Waals surface area contributed by atoms with Crippen molar-refractivity contribution < 1.29 is 29.6 Å². The second kappa shape index (κ2) is 21.4. The lowest BCUT2D eigenvalue weighted by Crippen LogP contribution is -2.20. The highest BCUT2D eigenvalue weighted by Crippen LogP contribution is 2.38. The zero-order chi connectivity index (χ0) is 42.4. The average Bonchev–Trinajstić information content (AvgIpc) is 3.71. The molecular formula is C51H57N3O6. The standard InChI is InChI=1S/C51H57N3O6/c1-34(55)29-36(16-15-35-9-4-2-5-10-35)11-6-3-7-13-41(56)21-17-37-19-24-48(58)50(31-37)60-28-26-38-18-23-47(57)45(30-38)44-33-49(59)43-25-27-54-46(43)14-8-12-39-32-40(51(52)53)20-22-42(39)44/h2,4-5,7,9-10,13,18-20,22-25,27,30-32,34,36,44,51,54-55,57-58H,3,6,11,14-17,21,26,28-29,33,52-53H2,1H3/b13-7+/t34-,36+,44+/m0/s1. The zero-order valence-corrected chi connectivity index (χ0v) is 34.4. The molecule has 1 heterocycles. The van der Waals surface area contributed by atoms with E-state index >= 15 is 0 Å². The number of H-pyrrole nitrogens is 1. The van der Waals surface area contributed by atoms with Crippen LogP contribution in [0.1, 0.15) is 119 Å². The Balaban J connectivity index is 1.04. The topological polar surface area (TPSA) is 172 Å². The highest BCUT2D eigenvalue weighted by atomic mass is 16.5. The Hall–Kier alpha value is -5.92. The maximum Gasteiger partial charge on any atom is 0.165 e. The van der Waals surface area contributed by atoms with Gasteiger partial charge >= 0.3 is 0 Å². The molecule has 0 amide bonds. The van der Waals surface area contributed by atoms with Gasteiger partial charge in [-0.2, -0.15) is 0 Å². The number of aromatic amines is 1. The first-order chi connectivity index (χ1) is 29.0. The number of carbonyl (C=O) groups is 2. The lowest BCUT2D eigenvalue weighted by Gasteiger charge is -2.22. The fraction of sp³-hybridized carbons (Fsp3) is 0.333. The van der Waals surface area contributed by atoms with Crippen LogP contribution in [-0.2, 0) is 30.5 Å². The van der Waals surface area contributed by atoms with Crippen LogP contribution >= 0.6 is 0 Å². The second-order valence-corrected chi connectivity index (χ2v) is 16.0. The van der Waals surface area contributed by atoms with E-state index in [4.69, 9.17) is 16.2 Å². The molecule has 60 heavy (non-hydrogen) atoms. The number of rotatable bonds is 19. The van der Waals surface area contributed by atoms with Crippen molar-refractivity contribution >= 4 is 11.6 Å². The molecule has 1 aromatic heterocycles. The summed E-state index contributed by atoms with van der Waals surface area (Å²) in [6.07, 6.45) is 11.7. The van der Waals surface area contributed by atoms with Gasteiger partial charge in [-0.05, 0) is 116 Å². The molecule has 0 saturated heterocycles. The monoisotopic (exact) mass is 807 g/mol. The quantitative estimate of drug-likeness (QED) is 0.0209. The largest absolute Gasteiger partial charge is 0.508 e. The number of fused-ring (bicyclic) bond motifs is 2. The van der Waals surface area contributed by atoms with Gasteiger partial charge in [0, 0.05) is 53.8 Å². The van der Waals surface area contributed by atoms with Gasteiger partial charge < -0.3 is 36.5 Å². The fourth-order valence-electron chi connectivity index (χ4n) is 8.03. The number of ether oxygens (including phenoxy) is 1. The Morgan fingerprint density at radius 3 is 2.47 bits per heavy atom. The molecular weight excluding hydrogens is 751 g/mol. The number of aryl methyl sites for hydroxylation is 2. The predicted molar refractivity (Wildman–Crippen MR) is 236 cm³/mol. The number of hydrogen-bond acceptors (Lipinski definition) is 8. The maximum atomic E-state index is 13.7. The van der Waals surface area contributed by atoms with E-state index in [-0.39, 0.29) is 42.2 Å². The molecule has 6 rings (SSSR count). The summed E-state index contributed by atoms with van der Waals surface area (Å²) >= 11 is 0. The Kier molecular flexibility index (Phi) is 15.5. The Morgan fingerprint density at radius 1 is 0.900 bits per heavy atom. The van der Waals surface area contributed by atoms with Crippen molar-refractivity contribution in [2.75, 3.05) is 6.61 Å². The highest BCUT2D eigenvalue weighted by molar-refractivity contribution is 5.98. The third kappa shape index (κ3) is 12.3. The van der Waals surface area contributed by atoms with Crippen molar-refractivity contribution in [3.63, 3.8) is 0 Å². The number of nitrogens with two attached hydrogens (primary N) is 2. The fourth-order valence-corrected chi connectivity index (χ4v) is 8.03. The molecule has 0 spiro atoms. The number of unbranched alkanes of at least 4 members (excludes halogenated alkanes) is 1. The predicted octanol–water partition coefficient (Wildman–Crippen LogP) is 8.52. The average molecular weight is 808 g/mol. The third-order valence-corrected chi connectivity index (χ3v) is 11.3. The first kappa shape index (κ1) is 43.7. The molecule has 8 N–H and O–H groups in total. The molecule has 9 nitrogen and oxygen atoms in total. The Morgan fingerprint density at radius 2 is 1.68 bits per heavy atom. The minimum absolute atomic E-state index is 0.00691. The lowest BCUT2D eigenvalue weighted by atomic mass is 9.81. The van der Waals surface area contributed by atoms with Crippen LogP contribution < -0.4 is 16.2 Å². The summed E-state index contributed by atoms with van der Waals surface area (Å²) in [7, 11) is 0. The summed E-state index contributed by atoms with van der Waals surface area (Å²) in [6, 6.07) is 28.3. The van der Waals surface area contributed by atoms with Crippen LogP contribution in [0.25, 0.3) is 0 Å². The van der Waals surface area contributed by atoms with E-state index in [0.29, 0.717) is 59.6 Å². The van der Waals surface area contributed by atoms with Crippen molar-refractivity contribution in [3.05, 3.63) is 160 Å². The number of phenolic OH excluding ortho intramolecular Hbond substituents is 2. The molecule has 9 heteroatoms. The summed E-state index contributed by atoms with van der Waals surface area (Å²) in [5.41, 5.74) is 19.2. The van der Waals surface area contributed by atoms with Crippen LogP contribution in [0.15, 0.2) is 109 Å². The van der Waals surface area contributed by atoms with Gasteiger partial charge in [-0.1, -0.05) is 85.0 Å². The number of hydrogen-bond donors (Lipinski definition) is 6. The molecule has 0 saturated carbocycles.